The van der Waals surface area contributed by atoms with Crippen molar-refractivity contribution in [2.75, 3.05) is 9.80 Å². The van der Waals surface area contributed by atoms with Crippen molar-refractivity contribution >= 4 is 35.0 Å². The lowest BCUT2D eigenvalue weighted by atomic mass is 9.70. The number of carbonyl (C=O) groups is 4. The zero-order valence-corrected chi connectivity index (χ0v) is 17.4. The lowest BCUT2D eigenvalue weighted by Crippen LogP contribution is -2.30. The monoisotopic (exact) mass is 414 g/mol. The van der Waals surface area contributed by atoms with Gasteiger partial charge >= 0.3 is 0 Å². The van der Waals surface area contributed by atoms with Crippen LogP contribution in [0.5, 0.6) is 0 Å². The SMILES string of the molecule is CCC(CC)(c1ccc(N2C(=O)C=CC2=O)cc1)c1ccc(N2C(=O)C=CC2=O)cc1. The molecular formula is C25H22N2O4. The summed E-state index contributed by atoms with van der Waals surface area (Å²) in [6, 6.07) is 15.0. The molecule has 156 valence electrons. The molecular weight excluding hydrogens is 392 g/mol. The van der Waals surface area contributed by atoms with Crippen LogP contribution in [0.15, 0.2) is 72.8 Å². The van der Waals surface area contributed by atoms with E-state index in [1.807, 2.05) is 24.3 Å². The van der Waals surface area contributed by atoms with Crippen LogP contribution < -0.4 is 9.80 Å². The molecule has 4 rings (SSSR count). The maximum atomic E-state index is 11.9. The highest BCUT2D eigenvalue weighted by Gasteiger charge is 2.32. The van der Waals surface area contributed by atoms with E-state index in [0.717, 1.165) is 33.8 Å². The number of benzene rings is 2. The molecule has 0 fully saturated rings. The van der Waals surface area contributed by atoms with Crippen LogP contribution >= 0.6 is 0 Å². The molecule has 2 aromatic rings. The molecule has 0 spiro atoms. The average Bonchev–Trinajstić information content (AvgIpc) is 3.30. The summed E-state index contributed by atoms with van der Waals surface area (Å²) in [5, 5.41) is 0. The predicted octanol–water partition coefficient (Wildman–Crippen LogP) is 3.65. The van der Waals surface area contributed by atoms with Crippen molar-refractivity contribution in [3.63, 3.8) is 0 Å². The van der Waals surface area contributed by atoms with Crippen molar-refractivity contribution in [1.29, 1.82) is 0 Å². The molecule has 2 aliphatic heterocycles. The fourth-order valence-corrected chi connectivity index (χ4v) is 4.40. The maximum absolute atomic E-state index is 11.9. The first-order valence-corrected chi connectivity index (χ1v) is 10.2. The summed E-state index contributed by atoms with van der Waals surface area (Å²) >= 11 is 0. The maximum Gasteiger partial charge on any atom is 0.258 e. The second-order valence-electron chi connectivity index (χ2n) is 7.57. The van der Waals surface area contributed by atoms with Crippen LogP contribution in [0.4, 0.5) is 11.4 Å². The molecule has 0 saturated heterocycles. The first-order valence-electron chi connectivity index (χ1n) is 10.2. The van der Waals surface area contributed by atoms with Crippen molar-refractivity contribution < 1.29 is 19.2 Å². The molecule has 0 saturated carbocycles. The topological polar surface area (TPSA) is 74.8 Å². The Morgan fingerprint density at radius 2 is 0.839 bits per heavy atom. The molecule has 0 aromatic heterocycles. The van der Waals surface area contributed by atoms with Gasteiger partial charge in [-0.1, -0.05) is 38.1 Å². The Morgan fingerprint density at radius 3 is 1.10 bits per heavy atom. The number of hydrogen-bond donors (Lipinski definition) is 0. The van der Waals surface area contributed by atoms with Crippen LogP contribution in [-0.4, -0.2) is 23.6 Å². The third-order valence-electron chi connectivity index (χ3n) is 6.18. The van der Waals surface area contributed by atoms with Crippen molar-refractivity contribution in [1.82, 2.24) is 0 Å². The minimum Gasteiger partial charge on any atom is -0.269 e. The molecule has 0 radical (unpaired) electrons. The zero-order valence-electron chi connectivity index (χ0n) is 17.4. The fourth-order valence-electron chi connectivity index (χ4n) is 4.40. The Labute approximate surface area is 180 Å². The summed E-state index contributed by atoms with van der Waals surface area (Å²) in [5.41, 5.74) is 2.93. The highest BCUT2D eigenvalue weighted by Crippen LogP contribution is 2.40. The molecule has 6 heteroatoms. The lowest BCUT2D eigenvalue weighted by Gasteiger charge is -2.34. The molecule has 2 aromatic carbocycles. The van der Waals surface area contributed by atoms with Gasteiger partial charge < -0.3 is 0 Å². The zero-order chi connectivity index (χ0) is 22.2. The van der Waals surface area contributed by atoms with Crippen molar-refractivity contribution in [3.8, 4) is 0 Å². The molecule has 6 nitrogen and oxygen atoms in total. The number of amides is 4. The molecule has 2 aliphatic rings. The van der Waals surface area contributed by atoms with Gasteiger partial charge in [0.25, 0.3) is 23.6 Å². The van der Waals surface area contributed by atoms with Crippen molar-refractivity contribution in [2.24, 2.45) is 0 Å². The molecule has 31 heavy (non-hydrogen) atoms. The molecule has 0 aliphatic carbocycles. The van der Waals surface area contributed by atoms with Crippen LogP contribution in [-0.2, 0) is 24.6 Å². The fraction of sp³-hybridized carbons (Fsp3) is 0.200. The number of hydrogen-bond acceptors (Lipinski definition) is 4. The lowest BCUT2D eigenvalue weighted by molar-refractivity contribution is -0.121. The highest BCUT2D eigenvalue weighted by atomic mass is 16.2. The van der Waals surface area contributed by atoms with E-state index < -0.39 is 0 Å². The summed E-state index contributed by atoms with van der Waals surface area (Å²) in [6.07, 6.45) is 6.73. The van der Waals surface area contributed by atoms with Gasteiger partial charge in [0.1, 0.15) is 0 Å². The van der Waals surface area contributed by atoms with E-state index >= 15 is 0 Å². The van der Waals surface area contributed by atoms with Gasteiger partial charge in [-0.05, 0) is 48.2 Å². The average molecular weight is 414 g/mol. The van der Waals surface area contributed by atoms with E-state index in [2.05, 4.69) is 13.8 Å². The molecule has 0 atom stereocenters. The predicted molar refractivity (Wildman–Crippen MR) is 118 cm³/mol. The van der Waals surface area contributed by atoms with Crippen LogP contribution in [0.25, 0.3) is 0 Å². The minimum absolute atomic E-state index is 0.286. The van der Waals surface area contributed by atoms with Crippen molar-refractivity contribution in [3.05, 3.63) is 84.0 Å². The van der Waals surface area contributed by atoms with Crippen LogP contribution in [0.2, 0.25) is 0 Å². The standard InChI is InChI=1S/C25H22N2O4/c1-3-25(4-2,17-5-9-19(10-6-17)26-21(28)13-14-22(26)29)18-7-11-20(12-8-18)27-23(30)15-16-24(27)31/h5-16H,3-4H2,1-2H3. The summed E-state index contributed by atoms with van der Waals surface area (Å²) < 4.78 is 0. The summed E-state index contributed by atoms with van der Waals surface area (Å²) in [7, 11) is 0. The molecule has 0 N–H and O–H groups in total. The summed E-state index contributed by atoms with van der Waals surface area (Å²) in [6.45, 7) is 4.22. The largest absolute Gasteiger partial charge is 0.269 e. The first-order chi connectivity index (χ1) is 14.9. The van der Waals surface area contributed by atoms with Gasteiger partial charge in [0.15, 0.2) is 0 Å². The third kappa shape index (κ3) is 3.30. The van der Waals surface area contributed by atoms with E-state index in [9.17, 15) is 19.2 Å². The Hall–Kier alpha value is -3.80. The normalized spacial score (nSPS) is 16.2. The molecule has 0 bridgehead atoms. The number of anilines is 2. The van der Waals surface area contributed by atoms with Crippen LogP contribution in [0.3, 0.4) is 0 Å². The Bertz CT molecular complexity index is 1000. The van der Waals surface area contributed by atoms with Crippen LogP contribution in [0, 0.1) is 0 Å². The van der Waals surface area contributed by atoms with E-state index in [-0.39, 0.29) is 29.0 Å². The van der Waals surface area contributed by atoms with Gasteiger partial charge in [0.2, 0.25) is 0 Å². The second kappa shape index (κ2) is 7.80. The van der Waals surface area contributed by atoms with Gasteiger partial charge in [0.05, 0.1) is 11.4 Å². The quantitative estimate of drug-likeness (QED) is 0.677. The third-order valence-corrected chi connectivity index (χ3v) is 6.18. The Balaban J connectivity index is 1.66. The van der Waals surface area contributed by atoms with Crippen LogP contribution in [0.1, 0.15) is 37.8 Å². The van der Waals surface area contributed by atoms with Gasteiger partial charge in [-0.3, -0.25) is 19.2 Å². The number of imide groups is 2. The van der Waals surface area contributed by atoms with Gasteiger partial charge in [-0.2, -0.15) is 0 Å². The van der Waals surface area contributed by atoms with Crippen molar-refractivity contribution in [2.45, 2.75) is 32.1 Å². The molecule has 0 unspecified atom stereocenters. The van der Waals surface area contributed by atoms with Gasteiger partial charge in [-0.15, -0.1) is 0 Å². The van der Waals surface area contributed by atoms with E-state index in [1.54, 1.807) is 24.3 Å². The van der Waals surface area contributed by atoms with E-state index in [4.69, 9.17) is 0 Å². The Morgan fingerprint density at radius 1 is 0.548 bits per heavy atom. The number of nitrogens with zero attached hydrogens (tertiary/aromatic N) is 2. The van der Waals surface area contributed by atoms with E-state index in [1.165, 1.54) is 24.3 Å². The molecule has 4 amide bonds. The Kier molecular flexibility index (Phi) is 5.15. The smallest absolute Gasteiger partial charge is 0.258 e. The summed E-state index contributed by atoms with van der Waals surface area (Å²) in [5.74, 6) is -1.37. The summed E-state index contributed by atoms with van der Waals surface area (Å²) in [4.78, 5) is 50.1. The number of carbonyl (C=O) groups excluding carboxylic acids is 4. The van der Waals surface area contributed by atoms with E-state index in [0.29, 0.717) is 11.4 Å². The first kappa shape index (κ1) is 20.5. The molecule has 2 heterocycles. The van der Waals surface area contributed by atoms with Gasteiger partial charge in [0, 0.05) is 29.7 Å². The van der Waals surface area contributed by atoms with Gasteiger partial charge in [-0.25, -0.2) is 9.80 Å². The minimum atomic E-state index is -0.342. The highest BCUT2D eigenvalue weighted by molar-refractivity contribution is 6.28. The number of rotatable bonds is 6. The second-order valence-corrected chi connectivity index (χ2v) is 7.57.